The van der Waals surface area contributed by atoms with Crippen molar-refractivity contribution >= 4 is 37.8 Å². The molecule has 110 valence electrons. The Morgan fingerprint density at radius 3 is 2.71 bits per heavy atom. The molecule has 0 aromatic carbocycles. The summed E-state index contributed by atoms with van der Waals surface area (Å²) in [6.45, 7) is 1.68. The van der Waals surface area contributed by atoms with Crippen molar-refractivity contribution in [2.45, 2.75) is 19.8 Å². The van der Waals surface area contributed by atoms with Gasteiger partial charge in [0.15, 0.2) is 5.82 Å². The number of carboxylic acids is 1. The first kappa shape index (κ1) is 15.8. The van der Waals surface area contributed by atoms with Crippen molar-refractivity contribution in [2.24, 2.45) is 0 Å². The van der Waals surface area contributed by atoms with Gasteiger partial charge in [0.05, 0.1) is 0 Å². The summed E-state index contributed by atoms with van der Waals surface area (Å²) < 4.78 is 1.49. The van der Waals surface area contributed by atoms with Gasteiger partial charge in [-0.05, 0) is 51.3 Å². The average molecular weight is 417 g/mol. The van der Waals surface area contributed by atoms with Crippen LogP contribution in [-0.4, -0.2) is 26.0 Å². The molecule has 0 aliphatic rings. The van der Waals surface area contributed by atoms with Crippen LogP contribution in [0.25, 0.3) is 11.5 Å². The lowest BCUT2D eigenvalue weighted by Crippen LogP contribution is -2.18. The summed E-state index contributed by atoms with van der Waals surface area (Å²) in [6.07, 6.45) is 1.65. The number of aromatic nitrogens is 3. The molecule has 0 aliphatic heterocycles. The number of aliphatic carboxylic acids is 1. The van der Waals surface area contributed by atoms with Gasteiger partial charge < -0.3 is 10.1 Å². The second-order valence-electron chi connectivity index (χ2n) is 4.36. The first-order chi connectivity index (χ1) is 9.88. The van der Waals surface area contributed by atoms with Crippen molar-refractivity contribution in [3.63, 3.8) is 0 Å². The smallest absolute Gasteiger partial charge is 0.303 e. The third-order valence-electron chi connectivity index (χ3n) is 2.84. The van der Waals surface area contributed by atoms with Crippen LogP contribution in [0.1, 0.15) is 17.7 Å². The van der Waals surface area contributed by atoms with Gasteiger partial charge in [-0.1, -0.05) is 0 Å². The highest BCUT2D eigenvalue weighted by atomic mass is 79.9. The van der Waals surface area contributed by atoms with Gasteiger partial charge in [0.2, 0.25) is 0 Å². The van der Waals surface area contributed by atoms with E-state index in [0.717, 1.165) is 4.47 Å². The molecule has 2 rings (SSSR count). The van der Waals surface area contributed by atoms with Crippen LogP contribution in [-0.2, 0) is 11.2 Å². The van der Waals surface area contributed by atoms with Crippen LogP contribution in [0.2, 0.25) is 0 Å². The van der Waals surface area contributed by atoms with Gasteiger partial charge in [0.25, 0.3) is 5.56 Å². The average Bonchev–Trinajstić information content (AvgIpc) is 2.37. The van der Waals surface area contributed by atoms with Crippen LogP contribution < -0.4 is 5.56 Å². The Morgan fingerprint density at radius 1 is 1.43 bits per heavy atom. The molecule has 2 heterocycles. The summed E-state index contributed by atoms with van der Waals surface area (Å²) in [4.78, 5) is 33.9. The van der Waals surface area contributed by atoms with Gasteiger partial charge in [0, 0.05) is 32.8 Å². The molecule has 0 aliphatic carbocycles. The Kier molecular flexibility index (Phi) is 4.89. The van der Waals surface area contributed by atoms with Crippen LogP contribution in [0, 0.1) is 6.92 Å². The fourth-order valence-electron chi connectivity index (χ4n) is 1.84. The van der Waals surface area contributed by atoms with E-state index in [2.05, 4.69) is 46.8 Å². The number of nitrogens with one attached hydrogen (secondary N) is 1. The van der Waals surface area contributed by atoms with Gasteiger partial charge in [-0.2, -0.15) is 0 Å². The van der Waals surface area contributed by atoms with Crippen LogP contribution in [0.3, 0.4) is 0 Å². The topological polar surface area (TPSA) is 95.9 Å². The lowest BCUT2D eigenvalue weighted by molar-refractivity contribution is -0.136. The largest absolute Gasteiger partial charge is 0.481 e. The van der Waals surface area contributed by atoms with Crippen molar-refractivity contribution in [3.05, 3.63) is 42.8 Å². The normalized spacial score (nSPS) is 10.6. The molecular weight excluding hydrogens is 406 g/mol. The van der Waals surface area contributed by atoms with E-state index in [1.165, 1.54) is 0 Å². The van der Waals surface area contributed by atoms with Gasteiger partial charge in [-0.15, -0.1) is 0 Å². The standard InChI is InChI=1S/C13H11Br2N3O3/c1-6-8(2-3-10(19)20)13(21)18-12(17-6)11-9(15)4-7(14)5-16-11/h4-5H,2-3H2,1H3,(H,19,20)(H,17,18,21). The van der Waals surface area contributed by atoms with Crippen LogP contribution >= 0.6 is 31.9 Å². The SMILES string of the molecule is Cc1nc(-c2ncc(Br)cc2Br)[nH]c(=O)c1CCC(=O)O. The Balaban J connectivity index is 2.44. The maximum atomic E-state index is 12.1. The van der Waals surface area contributed by atoms with E-state index in [1.807, 2.05) is 0 Å². The van der Waals surface area contributed by atoms with E-state index in [-0.39, 0.29) is 18.4 Å². The number of nitrogens with zero attached hydrogens (tertiary/aromatic N) is 2. The number of aryl methyl sites for hydroxylation is 1. The zero-order valence-electron chi connectivity index (χ0n) is 11.0. The number of hydrogen-bond donors (Lipinski definition) is 2. The van der Waals surface area contributed by atoms with Gasteiger partial charge in [0.1, 0.15) is 5.69 Å². The number of aromatic amines is 1. The summed E-state index contributed by atoms with van der Waals surface area (Å²) >= 11 is 6.67. The van der Waals surface area contributed by atoms with E-state index >= 15 is 0 Å². The molecule has 2 N–H and O–H groups in total. The minimum absolute atomic E-state index is 0.106. The highest BCUT2D eigenvalue weighted by Crippen LogP contribution is 2.25. The molecule has 0 radical (unpaired) electrons. The number of halogens is 2. The van der Waals surface area contributed by atoms with Crippen molar-refractivity contribution in [2.75, 3.05) is 0 Å². The molecule has 0 saturated heterocycles. The molecule has 0 atom stereocenters. The maximum Gasteiger partial charge on any atom is 0.303 e. The third-order valence-corrected chi connectivity index (χ3v) is 3.88. The molecule has 8 heteroatoms. The van der Waals surface area contributed by atoms with E-state index in [9.17, 15) is 9.59 Å². The fraction of sp³-hybridized carbons (Fsp3) is 0.231. The Morgan fingerprint density at radius 2 is 2.14 bits per heavy atom. The highest BCUT2D eigenvalue weighted by molar-refractivity contribution is 9.11. The van der Waals surface area contributed by atoms with Gasteiger partial charge >= 0.3 is 5.97 Å². The summed E-state index contributed by atoms with van der Waals surface area (Å²) in [5.74, 6) is -0.605. The van der Waals surface area contributed by atoms with E-state index < -0.39 is 5.97 Å². The molecule has 2 aromatic heterocycles. The van der Waals surface area contributed by atoms with Crippen LogP contribution in [0.5, 0.6) is 0 Å². The minimum atomic E-state index is -0.949. The number of H-pyrrole nitrogens is 1. The monoisotopic (exact) mass is 415 g/mol. The molecule has 0 saturated carbocycles. The number of pyridine rings is 1. The summed E-state index contributed by atoms with van der Waals surface area (Å²) in [5, 5.41) is 8.70. The predicted molar refractivity (Wildman–Crippen MR) is 84.2 cm³/mol. The number of carbonyl (C=O) groups is 1. The van der Waals surface area contributed by atoms with Crippen molar-refractivity contribution in [1.82, 2.24) is 15.0 Å². The molecule has 6 nitrogen and oxygen atoms in total. The zero-order valence-corrected chi connectivity index (χ0v) is 14.2. The van der Waals surface area contributed by atoms with Gasteiger partial charge in [-0.25, -0.2) is 4.98 Å². The summed E-state index contributed by atoms with van der Waals surface area (Å²) in [6, 6.07) is 1.80. The molecule has 0 spiro atoms. The number of hydrogen-bond acceptors (Lipinski definition) is 4. The van der Waals surface area contributed by atoms with Crippen molar-refractivity contribution < 1.29 is 9.90 Å². The summed E-state index contributed by atoms with van der Waals surface area (Å²) in [7, 11) is 0. The predicted octanol–water partition coefficient (Wildman–Crippen LogP) is 2.68. The second-order valence-corrected chi connectivity index (χ2v) is 6.13. The highest BCUT2D eigenvalue weighted by Gasteiger charge is 2.13. The lowest BCUT2D eigenvalue weighted by Gasteiger charge is -2.07. The van der Waals surface area contributed by atoms with Crippen molar-refractivity contribution in [3.8, 4) is 11.5 Å². The third kappa shape index (κ3) is 3.76. The second kappa shape index (κ2) is 6.48. The van der Waals surface area contributed by atoms with Gasteiger partial charge in [-0.3, -0.25) is 14.6 Å². The fourth-order valence-corrected chi connectivity index (χ4v) is 3.01. The van der Waals surface area contributed by atoms with Crippen LogP contribution in [0.15, 0.2) is 26.0 Å². The molecule has 0 amide bonds. The molecular formula is C13H11Br2N3O3. The number of rotatable bonds is 4. The maximum absolute atomic E-state index is 12.1. The molecule has 0 fully saturated rings. The first-order valence-corrected chi connectivity index (χ1v) is 7.60. The van der Waals surface area contributed by atoms with E-state index in [4.69, 9.17) is 5.11 Å². The number of carboxylic acid groups (broad SMARTS) is 1. The molecule has 0 unspecified atom stereocenters. The summed E-state index contributed by atoms with van der Waals surface area (Å²) in [5.41, 5.74) is 1.07. The zero-order chi connectivity index (χ0) is 15.6. The molecule has 0 bridgehead atoms. The Hall–Kier alpha value is -1.54. The van der Waals surface area contributed by atoms with E-state index in [1.54, 1.807) is 19.2 Å². The molecule has 2 aromatic rings. The quantitative estimate of drug-likeness (QED) is 0.798. The van der Waals surface area contributed by atoms with Crippen LogP contribution in [0.4, 0.5) is 0 Å². The van der Waals surface area contributed by atoms with E-state index in [0.29, 0.717) is 27.2 Å². The Labute approximate surface area is 136 Å². The Bertz CT molecular complexity index is 759. The minimum Gasteiger partial charge on any atom is -0.481 e. The van der Waals surface area contributed by atoms with Crippen molar-refractivity contribution in [1.29, 1.82) is 0 Å². The lowest BCUT2D eigenvalue weighted by atomic mass is 10.1. The first-order valence-electron chi connectivity index (χ1n) is 6.01. The molecule has 21 heavy (non-hydrogen) atoms.